The van der Waals surface area contributed by atoms with Crippen LogP contribution in [0.1, 0.15) is 36.1 Å². The summed E-state index contributed by atoms with van der Waals surface area (Å²) in [7, 11) is 0. The second kappa shape index (κ2) is 14.3. The molecule has 1 aliphatic heterocycles. The lowest BCUT2D eigenvalue weighted by molar-refractivity contribution is 0.533. The van der Waals surface area contributed by atoms with E-state index in [1.165, 1.54) is 59.4 Å². The monoisotopic (exact) mass is 843 g/mol. The smallest absolute Gasteiger partial charge is 0.155 e. The summed E-state index contributed by atoms with van der Waals surface area (Å²) in [5, 5.41) is 16.6. The molecule has 2 aromatic heterocycles. The number of amidine groups is 1. The standard InChI is InChI=1S/C62H41N3O/c1-2-44-59(39-18-4-3-5-19-39)63-62(64-60(44)51-33-42-22-10-11-23-45(42)48-26-14-15-27-49(48)51)43-35-55(58-50-30-28-38-17-9-13-25-47(38)61(50)66-56(58)36-43)65-53-31-29-37-16-8-12-24-46(37)57(53)52-32-40-20-6-7-21-41(40)34-54(52)65/h3-36,44,59H,2H2,1H3. The summed E-state index contributed by atoms with van der Waals surface area (Å²) in [5.41, 5.74) is 9.29. The van der Waals surface area contributed by atoms with Gasteiger partial charge in [-0.1, -0.05) is 171 Å². The zero-order chi connectivity index (χ0) is 43.5. The Kier molecular flexibility index (Phi) is 8.05. The van der Waals surface area contributed by atoms with Crippen LogP contribution in [0.4, 0.5) is 0 Å². The third-order valence-electron chi connectivity index (χ3n) is 14.3. The summed E-state index contributed by atoms with van der Waals surface area (Å²) in [6, 6.07) is 74.8. The molecule has 4 heteroatoms. The number of aliphatic imine (C=N–C) groups is 2. The van der Waals surface area contributed by atoms with Crippen molar-refractivity contribution < 1.29 is 4.42 Å². The second-order valence-electron chi connectivity index (χ2n) is 17.9. The highest BCUT2D eigenvalue weighted by atomic mass is 16.3. The van der Waals surface area contributed by atoms with E-state index < -0.39 is 0 Å². The Hall–Kier alpha value is -8.34. The van der Waals surface area contributed by atoms with Gasteiger partial charge in [0.2, 0.25) is 0 Å². The molecule has 14 rings (SSSR count). The van der Waals surface area contributed by atoms with Crippen molar-refractivity contribution in [1.82, 2.24) is 4.57 Å². The first kappa shape index (κ1) is 37.1. The first-order valence-electron chi connectivity index (χ1n) is 23.0. The van der Waals surface area contributed by atoms with Crippen LogP contribution in [0.25, 0.3) is 103 Å². The quantitative estimate of drug-likeness (QED) is 0.159. The fourth-order valence-electron chi connectivity index (χ4n) is 11.3. The van der Waals surface area contributed by atoms with Crippen molar-refractivity contribution in [3.63, 3.8) is 0 Å². The minimum Gasteiger partial charge on any atom is -0.455 e. The van der Waals surface area contributed by atoms with Crippen LogP contribution in [0, 0.1) is 5.92 Å². The Morgan fingerprint density at radius 2 is 1.11 bits per heavy atom. The lowest BCUT2D eigenvalue weighted by atomic mass is 9.81. The van der Waals surface area contributed by atoms with Gasteiger partial charge in [-0.3, -0.25) is 4.99 Å². The van der Waals surface area contributed by atoms with Gasteiger partial charge in [0.25, 0.3) is 0 Å². The summed E-state index contributed by atoms with van der Waals surface area (Å²) in [6.45, 7) is 2.28. The maximum absolute atomic E-state index is 7.15. The average Bonchev–Trinajstić information content (AvgIpc) is 3.93. The van der Waals surface area contributed by atoms with E-state index in [1.807, 2.05) is 0 Å². The summed E-state index contributed by atoms with van der Waals surface area (Å²) in [6.07, 6.45) is 0.876. The summed E-state index contributed by atoms with van der Waals surface area (Å²) < 4.78 is 9.63. The molecule has 0 bridgehead atoms. The van der Waals surface area contributed by atoms with Crippen LogP contribution in [0.5, 0.6) is 0 Å². The van der Waals surface area contributed by atoms with Gasteiger partial charge >= 0.3 is 0 Å². The molecule has 2 unspecified atom stereocenters. The molecule has 3 heterocycles. The normalized spacial score (nSPS) is 15.6. The van der Waals surface area contributed by atoms with Crippen LogP contribution in [0.2, 0.25) is 0 Å². The zero-order valence-electron chi connectivity index (χ0n) is 36.2. The van der Waals surface area contributed by atoms with Crippen molar-refractivity contribution in [3.05, 3.63) is 223 Å². The van der Waals surface area contributed by atoms with Gasteiger partial charge in [-0.15, -0.1) is 0 Å². The summed E-state index contributed by atoms with van der Waals surface area (Å²) >= 11 is 0. The topological polar surface area (TPSA) is 42.8 Å². The average molecular weight is 844 g/mol. The first-order valence-corrected chi connectivity index (χ1v) is 23.0. The van der Waals surface area contributed by atoms with E-state index in [0.29, 0.717) is 5.84 Å². The molecular weight excluding hydrogens is 803 g/mol. The molecular formula is C62H41N3O. The molecule has 0 saturated heterocycles. The van der Waals surface area contributed by atoms with Gasteiger partial charge in [-0.2, -0.15) is 0 Å². The van der Waals surface area contributed by atoms with E-state index in [-0.39, 0.29) is 12.0 Å². The van der Waals surface area contributed by atoms with Crippen LogP contribution in [0.3, 0.4) is 0 Å². The van der Waals surface area contributed by atoms with Gasteiger partial charge in [0.05, 0.1) is 33.9 Å². The van der Waals surface area contributed by atoms with Gasteiger partial charge in [-0.25, -0.2) is 4.99 Å². The lowest BCUT2D eigenvalue weighted by Crippen LogP contribution is -2.28. The molecule has 0 fully saturated rings. The minimum atomic E-state index is -0.159. The van der Waals surface area contributed by atoms with Gasteiger partial charge in [0.15, 0.2) is 5.84 Å². The third kappa shape index (κ3) is 5.45. The third-order valence-corrected chi connectivity index (χ3v) is 14.3. The van der Waals surface area contributed by atoms with Crippen LogP contribution < -0.4 is 0 Å². The van der Waals surface area contributed by atoms with Crippen LogP contribution in [0.15, 0.2) is 221 Å². The zero-order valence-corrected chi connectivity index (χ0v) is 36.2. The summed E-state index contributed by atoms with van der Waals surface area (Å²) in [4.78, 5) is 11.5. The number of hydrogen-bond acceptors (Lipinski definition) is 3. The Bertz CT molecular complexity index is 4230. The van der Waals surface area contributed by atoms with Crippen LogP contribution in [-0.2, 0) is 0 Å². The lowest BCUT2D eigenvalue weighted by Gasteiger charge is -2.30. The van der Waals surface area contributed by atoms with Gasteiger partial charge in [0, 0.05) is 38.6 Å². The van der Waals surface area contributed by atoms with Gasteiger partial charge < -0.3 is 8.98 Å². The molecule has 2 atom stereocenters. The van der Waals surface area contributed by atoms with E-state index >= 15 is 0 Å². The fraction of sp³-hybridized carbons (Fsp3) is 0.0645. The maximum Gasteiger partial charge on any atom is 0.155 e. The largest absolute Gasteiger partial charge is 0.455 e. The first-order chi connectivity index (χ1) is 32.7. The van der Waals surface area contributed by atoms with Gasteiger partial charge in [-0.05, 0) is 103 Å². The van der Waals surface area contributed by atoms with Crippen LogP contribution in [-0.4, -0.2) is 16.1 Å². The molecule has 0 amide bonds. The van der Waals surface area contributed by atoms with Crippen molar-refractivity contribution in [2.24, 2.45) is 15.9 Å². The maximum atomic E-state index is 7.15. The highest BCUT2D eigenvalue weighted by Gasteiger charge is 2.33. The molecule has 13 aromatic rings. The second-order valence-corrected chi connectivity index (χ2v) is 17.9. The molecule has 0 spiro atoms. The predicted octanol–water partition coefficient (Wildman–Crippen LogP) is 16.5. The van der Waals surface area contributed by atoms with E-state index in [4.69, 9.17) is 14.4 Å². The van der Waals surface area contributed by atoms with E-state index in [2.05, 4.69) is 218 Å². The Labute approximate surface area is 380 Å². The van der Waals surface area contributed by atoms with Gasteiger partial charge in [0.1, 0.15) is 11.2 Å². The van der Waals surface area contributed by atoms with Crippen molar-refractivity contribution in [1.29, 1.82) is 0 Å². The molecule has 310 valence electrons. The number of fused-ring (bicyclic) bond motifs is 14. The fourth-order valence-corrected chi connectivity index (χ4v) is 11.3. The summed E-state index contributed by atoms with van der Waals surface area (Å²) in [5.74, 6) is 0.742. The molecule has 66 heavy (non-hydrogen) atoms. The number of benzene rings is 11. The number of nitrogens with zero attached hydrogens (tertiary/aromatic N) is 3. The molecule has 4 nitrogen and oxygen atoms in total. The van der Waals surface area contributed by atoms with Crippen molar-refractivity contribution in [2.45, 2.75) is 19.4 Å². The molecule has 11 aromatic carbocycles. The Morgan fingerprint density at radius 1 is 0.470 bits per heavy atom. The highest BCUT2D eigenvalue weighted by molar-refractivity contribution is 6.27. The minimum absolute atomic E-state index is 0.0420. The van der Waals surface area contributed by atoms with Crippen molar-refractivity contribution >= 4 is 109 Å². The number of aromatic nitrogens is 1. The molecule has 0 N–H and O–H groups in total. The van der Waals surface area contributed by atoms with E-state index in [9.17, 15) is 0 Å². The highest BCUT2D eigenvalue weighted by Crippen LogP contribution is 2.45. The number of hydrogen-bond donors (Lipinski definition) is 0. The molecule has 0 aliphatic carbocycles. The predicted molar refractivity (Wildman–Crippen MR) is 278 cm³/mol. The van der Waals surface area contributed by atoms with E-state index in [0.717, 1.165) is 72.7 Å². The molecule has 0 radical (unpaired) electrons. The Morgan fingerprint density at radius 3 is 1.89 bits per heavy atom. The Balaban J connectivity index is 1.12. The van der Waals surface area contributed by atoms with Crippen molar-refractivity contribution in [3.8, 4) is 5.69 Å². The molecule has 1 aliphatic rings. The SMILES string of the molecule is CCC1C(c2cc3ccccc3c3ccccc23)=NC(c2cc(-n3c4cc5ccccc5cc4c4c5ccccc5ccc43)c3c(c2)oc2c4ccccc4ccc23)=NC1c1ccccc1. The van der Waals surface area contributed by atoms with Crippen molar-refractivity contribution in [2.75, 3.05) is 0 Å². The molecule has 0 saturated carbocycles. The van der Waals surface area contributed by atoms with Crippen LogP contribution >= 0.6 is 0 Å². The van der Waals surface area contributed by atoms with E-state index in [1.54, 1.807) is 0 Å². The number of rotatable bonds is 5. The number of furan rings is 1.